The summed E-state index contributed by atoms with van der Waals surface area (Å²) < 4.78 is 0. The number of aromatic nitrogens is 1. The third-order valence-corrected chi connectivity index (χ3v) is 2.55. The highest BCUT2D eigenvalue weighted by atomic mass is 35.5. The van der Waals surface area contributed by atoms with Crippen LogP contribution in [0.15, 0.2) is 11.5 Å². The van der Waals surface area contributed by atoms with Crippen molar-refractivity contribution in [2.75, 3.05) is 18.8 Å². The first-order valence-corrected chi connectivity index (χ1v) is 4.85. The molecule has 1 aromatic rings. The van der Waals surface area contributed by atoms with E-state index in [1.165, 1.54) is 16.9 Å². The molecule has 0 unspecified atom stereocenters. The van der Waals surface area contributed by atoms with Gasteiger partial charge in [-0.25, -0.2) is 4.98 Å². The lowest BCUT2D eigenvalue weighted by molar-refractivity contribution is 0.738. The highest BCUT2D eigenvalue weighted by Crippen LogP contribution is 2.20. The van der Waals surface area contributed by atoms with E-state index in [0.29, 0.717) is 5.13 Å². The standard InChI is InChI=1S/C8H11N3S.2ClH/c9-8-11-7(5-12-8)6-2-1-3-10-4-6;;/h2,5,10H,1,3-4H2,(H2,9,11);2*1H. The molecule has 3 N–H and O–H groups in total. The van der Waals surface area contributed by atoms with Gasteiger partial charge in [-0.2, -0.15) is 0 Å². The summed E-state index contributed by atoms with van der Waals surface area (Å²) in [7, 11) is 0. The monoisotopic (exact) mass is 253 g/mol. The lowest BCUT2D eigenvalue weighted by Crippen LogP contribution is -2.21. The quantitative estimate of drug-likeness (QED) is 0.805. The van der Waals surface area contributed by atoms with E-state index in [1.54, 1.807) is 0 Å². The van der Waals surface area contributed by atoms with Gasteiger partial charge in [0, 0.05) is 11.9 Å². The minimum Gasteiger partial charge on any atom is -0.375 e. The Morgan fingerprint density at radius 1 is 1.43 bits per heavy atom. The van der Waals surface area contributed by atoms with Gasteiger partial charge in [-0.05, 0) is 18.5 Å². The van der Waals surface area contributed by atoms with Crippen LogP contribution in [0, 0.1) is 0 Å². The predicted molar refractivity (Wildman–Crippen MR) is 66.5 cm³/mol. The van der Waals surface area contributed by atoms with Crippen LogP contribution in [0.5, 0.6) is 0 Å². The minimum atomic E-state index is 0. The van der Waals surface area contributed by atoms with Gasteiger partial charge < -0.3 is 11.1 Å². The third-order valence-electron chi connectivity index (χ3n) is 1.88. The van der Waals surface area contributed by atoms with E-state index in [-0.39, 0.29) is 24.8 Å². The van der Waals surface area contributed by atoms with Crippen LogP contribution in [-0.4, -0.2) is 18.1 Å². The third kappa shape index (κ3) is 3.13. The summed E-state index contributed by atoms with van der Waals surface area (Å²) in [4.78, 5) is 4.22. The summed E-state index contributed by atoms with van der Waals surface area (Å²) in [5.41, 5.74) is 7.85. The van der Waals surface area contributed by atoms with Crippen molar-refractivity contribution in [1.82, 2.24) is 10.3 Å². The van der Waals surface area contributed by atoms with Gasteiger partial charge in [-0.15, -0.1) is 36.2 Å². The van der Waals surface area contributed by atoms with Gasteiger partial charge in [0.1, 0.15) is 0 Å². The SMILES string of the molecule is Cl.Cl.Nc1nc(C2=CCCNC2)cs1. The van der Waals surface area contributed by atoms with Crippen LogP contribution in [0.2, 0.25) is 0 Å². The molecule has 0 aromatic carbocycles. The number of thiazole rings is 1. The second kappa shape index (κ2) is 6.24. The van der Waals surface area contributed by atoms with E-state index in [4.69, 9.17) is 5.73 Å². The highest BCUT2D eigenvalue weighted by molar-refractivity contribution is 7.13. The van der Waals surface area contributed by atoms with Crippen LogP contribution >= 0.6 is 36.2 Å². The molecule has 0 amide bonds. The molecule has 0 bridgehead atoms. The number of nitrogens with two attached hydrogens (primary N) is 1. The van der Waals surface area contributed by atoms with Crippen molar-refractivity contribution in [1.29, 1.82) is 0 Å². The van der Waals surface area contributed by atoms with Gasteiger partial charge in [0.15, 0.2) is 5.13 Å². The van der Waals surface area contributed by atoms with Crippen molar-refractivity contribution < 1.29 is 0 Å². The van der Waals surface area contributed by atoms with Crippen molar-refractivity contribution in [2.24, 2.45) is 0 Å². The molecule has 0 radical (unpaired) electrons. The second-order valence-corrected chi connectivity index (χ2v) is 3.66. The van der Waals surface area contributed by atoms with Gasteiger partial charge >= 0.3 is 0 Å². The molecule has 6 heteroatoms. The van der Waals surface area contributed by atoms with E-state index in [0.717, 1.165) is 25.2 Å². The molecule has 0 saturated heterocycles. The summed E-state index contributed by atoms with van der Waals surface area (Å²) >= 11 is 1.50. The number of nitrogens with zero attached hydrogens (tertiary/aromatic N) is 1. The lowest BCUT2D eigenvalue weighted by Gasteiger charge is -2.11. The van der Waals surface area contributed by atoms with Crippen molar-refractivity contribution in [3.8, 4) is 0 Å². The maximum atomic E-state index is 5.55. The van der Waals surface area contributed by atoms with Gasteiger partial charge in [0.05, 0.1) is 5.69 Å². The Balaban J connectivity index is 0.000000845. The lowest BCUT2D eigenvalue weighted by atomic mass is 10.1. The van der Waals surface area contributed by atoms with Crippen molar-refractivity contribution >= 4 is 46.9 Å². The zero-order chi connectivity index (χ0) is 8.39. The Morgan fingerprint density at radius 3 is 2.71 bits per heavy atom. The number of nitrogen functional groups attached to an aromatic ring is 1. The summed E-state index contributed by atoms with van der Waals surface area (Å²) in [6, 6.07) is 0. The molecule has 0 fully saturated rings. The number of rotatable bonds is 1. The molecule has 0 aliphatic carbocycles. The molecule has 1 aromatic heterocycles. The van der Waals surface area contributed by atoms with Crippen LogP contribution < -0.4 is 11.1 Å². The predicted octanol–water partition coefficient (Wildman–Crippen LogP) is 1.95. The molecule has 80 valence electrons. The molecule has 2 rings (SSSR count). The second-order valence-electron chi connectivity index (χ2n) is 2.77. The van der Waals surface area contributed by atoms with E-state index in [9.17, 15) is 0 Å². The summed E-state index contributed by atoms with van der Waals surface area (Å²) in [6.07, 6.45) is 3.32. The van der Waals surface area contributed by atoms with Crippen molar-refractivity contribution in [2.45, 2.75) is 6.42 Å². The molecular weight excluding hydrogens is 241 g/mol. The molecular formula is C8H13Cl2N3S. The number of hydrogen-bond acceptors (Lipinski definition) is 4. The molecule has 2 heterocycles. The van der Waals surface area contributed by atoms with Gasteiger partial charge in [0.25, 0.3) is 0 Å². The Kier molecular flexibility index (Phi) is 6.11. The van der Waals surface area contributed by atoms with Gasteiger partial charge in [-0.1, -0.05) is 6.08 Å². The maximum Gasteiger partial charge on any atom is 0.180 e. The largest absolute Gasteiger partial charge is 0.375 e. The minimum absolute atomic E-state index is 0. The van der Waals surface area contributed by atoms with Crippen LogP contribution in [-0.2, 0) is 0 Å². The fourth-order valence-electron chi connectivity index (χ4n) is 1.27. The fraction of sp³-hybridized carbons (Fsp3) is 0.375. The Morgan fingerprint density at radius 2 is 2.21 bits per heavy atom. The van der Waals surface area contributed by atoms with Gasteiger partial charge in [0.2, 0.25) is 0 Å². The maximum absolute atomic E-state index is 5.55. The molecule has 0 spiro atoms. The van der Waals surface area contributed by atoms with Crippen LogP contribution in [0.4, 0.5) is 5.13 Å². The number of hydrogen-bond donors (Lipinski definition) is 2. The normalized spacial score (nSPS) is 15.0. The summed E-state index contributed by atoms with van der Waals surface area (Å²) in [5, 5.41) is 5.96. The topological polar surface area (TPSA) is 50.9 Å². The van der Waals surface area contributed by atoms with Gasteiger partial charge in [-0.3, -0.25) is 0 Å². The molecule has 0 saturated carbocycles. The fourth-order valence-corrected chi connectivity index (χ4v) is 1.86. The molecule has 1 aliphatic heterocycles. The molecule has 0 atom stereocenters. The zero-order valence-corrected chi connectivity index (χ0v) is 9.97. The smallest absolute Gasteiger partial charge is 0.180 e. The van der Waals surface area contributed by atoms with Crippen LogP contribution in [0.25, 0.3) is 5.57 Å². The molecule has 1 aliphatic rings. The first-order valence-electron chi connectivity index (χ1n) is 3.97. The first-order chi connectivity index (χ1) is 5.86. The Hall–Kier alpha value is -0.290. The summed E-state index contributed by atoms with van der Waals surface area (Å²) in [5.74, 6) is 0. The Bertz CT molecular complexity index is 311. The van der Waals surface area contributed by atoms with E-state index >= 15 is 0 Å². The van der Waals surface area contributed by atoms with E-state index in [2.05, 4.69) is 16.4 Å². The molecule has 14 heavy (non-hydrogen) atoms. The van der Waals surface area contributed by atoms with Crippen molar-refractivity contribution in [3.63, 3.8) is 0 Å². The average molecular weight is 254 g/mol. The zero-order valence-electron chi connectivity index (χ0n) is 7.53. The summed E-state index contributed by atoms with van der Waals surface area (Å²) in [6.45, 7) is 1.99. The number of halogens is 2. The van der Waals surface area contributed by atoms with Crippen molar-refractivity contribution in [3.05, 3.63) is 17.2 Å². The van der Waals surface area contributed by atoms with E-state index in [1.807, 2.05) is 5.38 Å². The van der Waals surface area contributed by atoms with Crippen LogP contribution in [0.1, 0.15) is 12.1 Å². The first kappa shape index (κ1) is 13.7. The van der Waals surface area contributed by atoms with Crippen LogP contribution in [0.3, 0.4) is 0 Å². The Labute approximate surface area is 99.6 Å². The average Bonchev–Trinajstić information content (AvgIpc) is 2.54. The molecule has 3 nitrogen and oxygen atoms in total. The number of nitrogens with one attached hydrogen (secondary N) is 1. The highest BCUT2D eigenvalue weighted by Gasteiger charge is 2.07. The number of anilines is 1. The van der Waals surface area contributed by atoms with E-state index < -0.39 is 0 Å².